The van der Waals surface area contributed by atoms with Crippen LogP contribution in [0.2, 0.25) is 0 Å². The van der Waals surface area contributed by atoms with Gasteiger partial charge in [0.05, 0.1) is 5.92 Å². The van der Waals surface area contributed by atoms with E-state index in [4.69, 9.17) is 4.74 Å². The number of hydrogen-bond acceptors (Lipinski definition) is 2. The predicted octanol–water partition coefficient (Wildman–Crippen LogP) is 4.67. The first-order valence-electron chi connectivity index (χ1n) is 10.2. The van der Waals surface area contributed by atoms with Crippen LogP contribution in [0.5, 0.6) is 0 Å². The van der Waals surface area contributed by atoms with Crippen LogP contribution in [0.1, 0.15) is 65.7 Å². The lowest BCUT2D eigenvalue weighted by Gasteiger charge is -2.47. The molecule has 0 amide bonds. The number of carbonyl (C=O) groups is 1. The van der Waals surface area contributed by atoms with Crippen molar-refractivity contribution < 1.29 is 9.53 Å². The molecule has 0 radical (unpaired) electrons. The highest BCUT2D eigenvalue weighted by molar-refractivity contribution is 5.74. The number of hydrogen-bond donors (Lipinski definition) is 0. The van der Waals surface area contributed by atoms with Crippen LogP contribution < -0.4 is 0 Å². The average Bonchev–Trinajstić information content (AvgIpc) is 3.25. The molecule has 5 aliphatic rings. The quantitative estimate of drug-likeness (QED) is 0.692. The van der Waals surface area contributed by atoms with Crippen molar-refractivity contribution in [3.8, 4) is 0 Å². The summed E-state index contributed by atoms with van der Waals surface area (Å²) in [5, 5.41) is 0. The molecule has 5 aliphatic carbocycles. The first kappa shape index (κ1) is 14.8. The summed E-state index contributed by atoms with van der Waals surface area (Å²) in [6.07, 6.45) is 9.13. The van der Waals surface area contributed by atoms with E-state index in [1.165, 1.54) is 38.5 Å². The fraction of sp³-hybridized carbons (Fsp3) is 0.952. The van der Waals surface area contributed by atoms with Gasteiger partial charge >= 0.3 is 5.97 Å². The van der Waals surface area contributed by atoms with Crippen molar-refractivity contribution >= 4 is 5.97 Å². The number of esters is 1. The molecule has 0 aromatic carbocycles. The van der Waals surface area contributed by atoms with Crippen LogP contribution in [0.3, 0.4) is 0 Å². The van der Waals surface area contributed by atoms with Gasteiger partial charge in [0.15, 0.2) is 0 Å². The summed E-state index contributed by atoms with van der Waals surface area (Å²) in [5.41, 5.74) is -0.130. The third-order valence-corrected chi connectivity index (χ3v) is 9.42. The number of rotatable bonds is 2. The largest absolute Gasteiger partial charge is 0.459 e. The summed E-state index contributed by atoms with van der Waals surface area (Å²) in [6, 6.07) is 0. The second-order valence-electron chi connectivity index (χ2n) is 9.95. The Labute approximate surface area is 140 Å². The Bertz CT molecular complexity index is 524. The van der Waals surface area contributed by atoms with Crippen LogP contribution in [0, 0.1) is 53.3 Å². The zero-order chi connectivity index (χ0) is 15.9. The highest BCUT2D eigenvalue weighted by atomic mass is 16.6. The molecule has 10 atom stereocenters. The van der Waals surface area contributed by atoms with Gasteiger partial charge in [-0.15, -0.1) is 0 Å². The molecule has 4 bridgehead atoms. The summed E-state index contributed by atoms with van der Waals surface area (Å²) in [5.74, 6) is 6.41. The SMILES string of the molecule is CC1C2CC(C(=O)OC3(C)C4CC5CCCC3C5C4)C(C2)C1C. The Morgan fingerprint density at radius 2 is 1.78 bits per heavy atom. The van der Waals surface area contributed by atoms with Crippen LogP contribution >= 0.6 is 0 Å². The normalized spacial score (nSPS) is 59.5. The highest BCUT2D eigenvalue weighted by Crippen LogP contribution is 2.64. The molecule has 0 aromatic heterocycles. The van der Waals surface area contributed by atoms with Crippen molar-refractivity contribution in [2.75, 3.05) is 0 Å². The first-order chi connectivity index (χ1) is 11.0. The third kappa shape index (κ3) is 1.84. The van der Waals surface area contributed by atoms with E-state index in [1.807, 2.05) is 0 Å². The van der Waals surface area contributed by atoms with Gasteiger partial charge < -0.3 is 4.74 Å². The molecule has 0 saturated heterocycles. The zero-order valence-corrected chi connectivity index (χ0v) is 15.0. The molecule has 23 heavy (non-hydrogen) atoms. The minimum absolute atomic E-state index is 0.130. The van der Waals surface area contributed by atoms with Crippen molar-refractivity contribution in [1.29, 1.82) is 0 Å². The van der Waals surface area contributed by atoms with Gasteiger partial charge in [0, 0.05) is 5.92 Å². The Morgan fingerprint density at radius 1 is 0.957 bits per heavy atom. The van der Waals surface area contributed by atoms with Gasteiger partial charge in [0.25, 0.3) is 0 Å². The van der Waals surface area contributed by atoms with E-state index in [0.717, 1.165) is 30.1 Å². The summed E-state index contributed by atoms with van der Waals surface area (Å²) >= 11 is 0. The van der Waals surface area contributed by atoms with E-state index in [9.17, 15) is 4.79 Å². The molecule has 5 rings (SSSR count). The number of ether oxygens (including phenoxy) is 1. The van der Waals surface area contributed by atoms with Gasteiger partial charge in [0.1, 0.15) is 5.60 Å². The molecule has 0 aliphatic heterocycles. The van der Waals surface area contributed by atoms with E-state index < -0.39 is 0 Å². The van der Waals surface area contributed by atoms with Crippen molar-refractivity contribution in [2.45, 2.75) is 71.3 Å². The molecule has 2 nitrogen and oxygen atoms in total. The van der Waals surface area contributed by atoms with Crippen molar-refractivity contribution in [1.82, 2.24) is 0 Å². The lowest BCUT2D eigenvalue weighted by Crippen LogP contribution is -2.49. The van der Waals surface area contributed by atoms with Gasteiger partial charge in [-0.2, -0.15) is 0 Å². The topological polar surface area (TPSA) is 26.3 Å². The highest BCUT2D eigenvalue weighted by Gasteiger charge is 2.63. The molecular formula is C21H32O2. The van der Waals surface area contributed by atoms with E-state index >= 15 is 0 Å². The Hall–Kier alpha value is -0.530. The van der Waals surface area contributed by atoms with Crippen molar-refractivity contribution in [3.05, 3.63) is 0 Å². The lowest BCUT2D eigenvalue weighted by atomic mass is 9.65. The average molecular weight is 316 g/mol. The molecule has 0 heterocycles. The molecule has 0 N–H and O–H groups in total. The summed E-state index contributed by atoms with van der Waals surface area (Å²) in [7, 11) is 0. The maximum Gasteiger partial charge on any atom is 0.309 e. The summed E-state index contributed by atoms with van der Waals surface area (Å²) in [4.78, 5) is 13.1. The van der Waals surface area contributed by atoms with E-state index in [-0.39, 0.29) is 17.5 Å². The fourth-order valence-electron chi connectivity index (χ4n) is 7.94. The second kappa shape index (κ2) is 4.76. The smallest absolute Gasteiger partial charge is 0.309 e. The Balaban J connectivity index is 1.33. The maximum absolute atomic E-state index is 13.1. The molecule has 2 heteroatoms. The van der Waals surface area contributed by atoms with E-state index in [0.29, 0.717) is 23.7 Å². The van der Waals surface area contributed by atoms with E-state index in [1.54, 1.807) is 0 Å². The van der Waals surface area contributed by atoms with Gasteiger partial charge in [-0.25, -0.2) is 0 Å². The number of carbonyl (C=O) groups excluding carboxylic acids is 1. The van der Waals surface area contributed by atoms with Crippen LogP contribution in [0.4, 0.5) is 0 Å². The van der Waals surface area contributed by atoms with Crippen LogP contribution in [-0.4, -0.2) is 11.6 Å². The van der Waals surface area contributed by atoms with Gasteiger partial charge in [-0.05, 0) is 80.5 Å². The molecule has 0 spiro atoms. The standard InChI is InChI=1S/C21H32O2/c1-11-12(2)16-8-14(11)9-18(16)20(22)23-21(3)15-7-13-5-4-6-19(21)17(13)10-15/h11-19H,4-10H2,1-3H3. The van der Waals surface area contributed by atoms with Crippen molar-refractivity contribution in [3.63, 3.8) is 0 Å². The van der Waals surface area contributed by atoms with Gasteiger partial charge in [0.2, 0.25) is 0 Å². The summed E-state index contributed by atoms with van der Waals surface area (Å²) < 4.78 is 6.40. The minimum atomic E-state index is -0.130. The predicted molar refractivity (Wildman–Crippen MR) is 89.6 cm³/mol. The van der Waals surface area contributed by atoms with Crippen LogP contribution in [0.25, 0.3) is 0 Å². The molecule has 0 aromatic rings. The number of fused-ring (bicyclic) bond motifs is 3. The van der Waals surface area contributed by atoms with Crippen molar-refractivity contribution in [2.24, 2.45) is 53.3 Å². The minimum Gasteiger partial charge on any atom is -0.459 e. The monoisotopic (exact) mass is 316 g/mol. The van der Waals surface area contributed by atoms with E-state index in [2.05, 4.69) is 20.8 Å². The first-order valence-corrected chi connectivity index (χ1v) is 10.2. The summed E-state index contributed by atoms with van der Waals surface area (Å²) in [6.45, 7) is 7.04. The second-order valence-corrected chi connectivity index (χ2v) is 9.95. The lowest BCUT2D eigenvalue weighted by molar-refractivity contribution is -0.182. The molecule has 5 fully saturated rings. The Kier molecular flexibility index (Phi) is 3.06. The maximum atomic E-state index is 13.1. The fourth-order valence-corrected chi connectivity index (χ4v) is 7.94. The molecule has 128 valence electrons. The molecule has 5 saturated carbocycles. The van der Waals surface area contributed by atoms with Crippen LogP contribution in [-0.2, 0) is 9.53 Å². The Morgan fingerprint density at radius 3 is 2.52 bits per heavy atom. The molecule has 10 unspecified atom stereocenters. The molecular weight excluding hydrogens is 284 g/mol. The zero-order valence-electron chi connectivity index (χ0n) is 15.0. The van der Waals surface area contributed by atoms with Crippen LogP contribution in [0.15, 0.2) is 0 Å². The third-order valence-electron chi connectivity index (χ3n) is 9.42. The van der Waals surface area contributed by atoms with Gasteiger partial charge in [-0.3, -0.25) is 4.79 Å². The van der Waals surface area contributed by atoms with Gasteiger partial charge in [-0.1, -0.05) is 26.7 Å².